The summed E-state index contributed by atoms with van der Waals surface area (Å²) in [7, 11) is 1.52. The molecule has 1 heterocycles. The summed E-state index contributed by atoms with van der Waals surface area (Å²) in [6.07, 6.45) is 2.75. The van der Waals surface area contributed by atoms with Crippen molar-refractivity contribution in [1.29, 1.82) is 0 Å². The van der Waals surface area contributed by atoms with Crippen LogP contribution in [0.1, 0.15) is 5.56 Å². The largest absolute Gasteiger partial charge is 0.493 e. The predicted molar refractivity (Wildman–Crippen MR) is 104 cm³/mol. The van der Waals surface area contributed by atoms with Crippen molar-refractivity contribution in [3.63, 3.8) is 0 Å². The van der Waals surface area contributed by atoms with Gasteiger partial charge in [0.25, 0.3) is 5.91 Å². The summed E-state index contributed by atoms with van der Waals surface area (Å²) in [5.41, 5.74) is 1.11. The van der Waals surface area contributed by atoms with Gasteiger partial charge in [-0.2, -0.15) is 0 Å². The van der Waals surface area contributed by atoms with Crippen molar-refractivity contribution < 1.29 is 28.5 Å². The Morgan fingerprint density at radius 3 is 2.79 bits per heavy atom. The van der Waals surface area contributed by atoms with Crippen LogP contribution in [-0.4, -0.2) is 38.8 Å². The number of hydrogen-bond acceptors (Lipinski definition) is 6. The summed E-state index contributed by atoms with van der Waals surface area (Å²) >= 11 is 5.96. The fourth-order valence-electron chi connectivity index (χ4n) is 2.49. The molecule has 7 nitrogen and oxygen atoms in total. The van der Waals surface area contributed by atoms with Gasteiger partial charge in [0.15, 0.2) is 18.1 Å². The summed E-state index contributed by atoms with van der Waals surface area (Å²) in [5, 5.41) is 2.97. The van der Waals surface area contributed by atoms with Crippen LogP contribution < -0.4 is 19.5 Å². The van der Waals surface area contributed by atoms with Gasteiger partial charge in [0.1, 0.15) is 13.2 Å². The van der Waals surface area contributed by atoms with Gasteiger partial charge in [-0.25, -0.2) is 4.79 Å². The summed E-state index contributed by atoms with van der Waals surface area (Å²) in [6.45, 7) is 0.450. The van der Waals surface area contributed by atoms with E-state index in [1.54, 1.807) is 36.4 Å². The molecule has 1 amide bonds. The number of para-hydroxylation sites is 1. The van der Waals surface area contributed by atoms with E-state index in [0.29, 0.717) is 46.7 Å². The maximum Gasteiger partial charge on any atom is 0.331 e. The molecule has 8 heteroatoms. The van der Waals surface area contributed by atoms with Crippen LogP contribution >= 0.6 is 11.6 Å². The molecule has 0 saturated heterocycles. The van der Waals surface area contributed by atoms with Crippen LogP contribution in [0.3, 0.4) is 0 Å². The number of ether oxygens (including phenoxy) is 4. The molecule has 2 aromatic rings. The molecule has 0 spiro atoms. The maximum absolute atomic E-state index is 11.9. The first kappa shape index (κ1) is 19.6. The molecule has 0 aliphatic carbocycles. The Hall–Kier alpha value is -3.19. The third-order valence-electron chi connectivity index (χ3n) is 3.76. The average Bonchev–Trinajstić information content (AvgIpc) is 2.71. The zero-order chi connectivity index (χ0) is 19.9. The van der Waals surface area contributed by atoms with Crippen LogP contribution in [0.2, 0.25) is 5.02 Å². The molecular formula is C20H18ClNO6. The number of carbonyl (C=O) groups is 2. The van der Waals surface area contributed by atoms with E-state index in [0.717, 1.165) is 0 Å². The lowest BCUT2D eigenvalue weighted by atomic mass is 10.1. The third kappa shape index (κ3) is 4.95. The van der Waals surface area contributed by atoms with Crippen molar-refractivity contribution in [3.05, 3.63) is 53.1 Å². The summed E-state index contributed by atoms with van der Waals surface area (Å²) in [6, 6.07) is 10.2. The molecule has 0 radical (unpaired) electrons. The SMILES string of the molecule is COc1cc(/C=C/C(=O)OCC(=O)Nc2ccccc2Cl)cc2c1OCCO2. The second-order valence-corrected chi connectivity index (χ2v) is 6.12. The molecule has 1 aliphatic rings. The van der Waals surface area contributed by atoms with E-state index < -0.39 is 18.5 Å². The highest BCUT2D eigenvalue weighted by Crippen LogP contribution is 2.40. The monoisotopic (exact) mass is 403 g/mol. The second kappa shape index (κ2) is 9.14. The smallest absolute Gasteiger partial charge is 0.331 e. The van der Waals surface area contributed by atoms with Crippen LogP contribution in [0.4, 0.5) is 5.69 Å². The molecule has 146 valence electrons. The Morgan fingerprint density at radius 2 is 2.00 bits per heavy atom. The van der Waals surface area contributed by atoms with E-state index in [1.165, 1.54) is 19.3 Å². The van der Waals surface area contributed by atoms with Gasteiger partial charge in [-0.15, -0.1) is 0 Å². The van der Waals surface area contributed by atoms with Crippen molar-refractivity contribution in [2.24, 2.45) is 0 Å². The minimum Gasteiger partial charge on any atom is -0.493 e. The van der Waals surface area contributed by atoms with Crippen LogP contribution in [0.5, 0.6) is 17.2 Å². The number of fused-ring (bicyclic) bond motifs is 1. The van der Waals surface area contributed by atoms with E-state index in [1.807, 2.05) is 0 Å². The summed E-state index contributed by atoms with van der Waals surface area (Å²) < 4.78 is 21.3. The average molecular weight is 404 g/mol. The number of carbonyl (C=O) groups excluding carboxylic acids is 2. The van der Waals surface area contributed by atoms with E-state index >= 15 is 0 Å². The third-order valence-corrected chi connectivity index (χ3v) is 4.09. The predicted octanol–water partition coefficient (Wildman–Crippen LogP) is 3.31. The first-order valence-corrected chi connectivity index (χ1v) is 8.81. The molecule has 1 N–H and O–H groups in total. The fourth-order valence-corrected chi connectivity index (χ4v) is 2.67. The van der Waals surface area contributed by atoms with Crippen LogP contribution in [0, 0.1) is 0 Å². The molecule has 1 aliphatic heterocycles. The van der Waals surface area contributed by atoms with Crippen molar-refractivity contribution in [2.45, 2.75) is 0 Å². The number of esters is 1. The van der Waals surface area contributed by atoms with Crippen LogP contribution in [0.25, 0.3) is 6.08 Å². The lowest BCUT2D eigenvalue weighted by molar-refractivity contribution is -0.142. The van der Waals surface area contributed by atoms with Crippen molar-refractivity contribution >= 4 is 35.2 Å². The topological polar surface area (TPSA) is 83.1 Å². The highest BCUT2D eigenvalue weighted by atomic mass is 35.5. The minimum atomic E-state index is -0.664. The van der Waals surface area contributed by atoms with Gasteiger partial charge in [0.05, 0.1) is 17.8 Å². The summed E-state index contributed by atoms with van der Waals surface area (Å²) in [5.74, 6) is 0.422. The minimum absolute atomic E-state index is 0.398. The highest BCUT2D eigenvalue weighted by Gasteiger charge is 2.18. The standard InChI is InChI=1S/C20H18ClNO6/c1-25-16-10-13(11-17-20(16)27-9-8-26-17)6-7-19(24)28-12-18(23)22-15-5-3-2-4-14(15)21/h2-7,10-11H,8-9,12H2,1H3,(H,22,23)/b7-6+. The van der Waals surface area contributed by atoms with Gasteiger partial charge >= 0.3 is 5.97 Å². The molecule has 3 rings (SSSR count). The molecule has 0 bridgehead atoms. The Balaban J connectivity index is 1.57. The first-order valence-electron chi connectivity index (χ1n) is 8.43. The Kier molecular flexibility index (Phi) is 6.39. The number of benzene rings is 2. The van der Waals surface area contributed by atoms with Gasteiger partial charge in [0.2, 0.25) is 5.75 Å². The number of halogens is 1. The van der Waals surface area contributed by atoms with Gasteiger partial charge in [-0.3, -0.25) is 4.79 Å². The number of rotatable bonds is 6. The lowest BCUT2D eigenvalue weighted by Gasteiger charge is -2.20. The quantitative estimate of drug-likeness (QED) is 0.588. The highest BCUT2D eigenvalue weighted by molar-refractivity contribution is 6.33. The van der Waals surface area contributed by atoms with E-state index in [-0.39, 0.29) is 0 Å². The molecule has 0 atom stereocenters. The van der Waals surface area contributed by atoms with Gasteiger partial charge in [-0.1, -0.05) is 23.7 Å². The Morgan fingerprint density at radius 1 is 1.21 bits per heavy atom. The zero-order valence-corrected chi connectivity index (χ0v) is 15.8. The molecular weight excluding hydrogens is 386 g/mol. The van der Waals surface area contributed by atoms with Crippen LogP contribution in [-0.2, 0) is 14.3 Å². The number of hydrogen-bond donors (Lipinski definition) is 1. The molecule has 28 heavy (non-hydrogen) atoms. The Bertz CT molecular complexity index is 894. The molecule has 0 saturated carbocycles. The van der Waals surface area contributed by atoms with E-state index in [9.17, 15) is 9.59 Å². The molecule has 0 fully saturated rings. The number of amides is 1. The lowest BCUT2D eigenvalue weighted by Crippen LogP contribution is -2.20. The van der Waals surface area contributed by atoms with Crippen molar-refractivity contribution in [1.82, 2.24) is 0 Å². The van der Waals surface area contributed by atoms with Crippen LogP contribution in [0.15, 0.2) is 42.5 Å². The van der Waals surface area contributed by atoms with E-state index in [2.05, 4.69) is 5.32 Å². The van der Waals surface area contributed by atoms with Gasteiger partial charge in [0, 0.05) is 6.08 Å². The van der Waals surface area contributed by atoms with Gasteiger partial charge in [-0.05, 0) is 35.9 Å². The maximum atomic E-state index is 11.9. The van der Waals surface area contributed by atoms with E-state index in [4.69, 9.17) is 30.5 Å². The second-order valence-electron chi connectivity index (χ2n) is 5.72. The normalized spacial score (nSPS) is 12.5. The molecule has 0 aromatic heterocycles. The van der Waals surface area contributed by atoms with Gasteiger partial charge < -0.3 is 24.3 Å². The molecule has 0 unspecified atom stereocenters. The zero-order valence-electron chi connectivity index (χ0n) is 15.1. The fraction of sp³-hybridized carbons (Fsp3) is 0.200. The first-order chi connectivity index (χ1) is 13.6. The molecule has 2 aromatic carbocycles. The summed E-state index contributed by atoms with van der Waals surface area (Å²) in [4.78, 5) is 23.8. The number of nitrogens with one attached hydrogen (secondary N) is 1. The van der Waals surface area contributed by atoms with Crippen molar-refractivity contribution in [2.75, 3.05) is 32.2 Å². The number of anilines is 1. The number of methoxy groups -OCH3 is 1. The Labute approximate surface area is 166 Å². The van der Waals surface area contributed by atoms with Crippen molar-refractivity contribution in [3.8, 4) is 17.2 Å².